The van der Waals surface area contributed by atoms with Crippen LogP contribution in [0.4, 0.5) is 5.69 Å². The second-order valence-electron chi connectivity index (χ2n) is 6.23. The van der Waals surface area contributed by atoms with Crippen molar-refractivity contribution in [2.75, 3.05) is 18.4 Å². The molecule has 1 aliphatic carbocycles. The van der Waals surface area contributed by atoms with Gasteiger partial charge in [0.1, 0.15) is 0 Å². The van der Waals surface area contributed by atoms with Crippen molar-refractivity contribution in [3.05, 3.63) is 24.0 Å². The fourth-order valence-electron chi connectivity index (χ4n) is 3.16. The molecule has 1 N–H and O–H groups in total. The Morgan fingerprint density at radius 2 is 1.86 bits per heavy atom. The van der Waals surface area contributed by atoms with Crippen molar-refractivity contribution in [2.24, 2.45) is 0 Å². The Morgan fingerprint density at radius 1 is 1.18 bits per heavy atom. The Bertz CT molecular complexity index is 463. The van der Waals surface area contributed by atoms with Gasteiger partial charge < -0.3 is 10.2 Å². The summed E-state index contributed by atoms with van der Waals surface area (Å²) in [5.41, 5.74) is 1.67. The zero-order valence-corrected chi connectivity index (χ0v) is 14.0. The summed E-state index contributed by atoms with van der Waals surface area (Å²) in [4.78, 5) is 18.8. The molecule has 1 fully saturated rings. The number of anilines is 1. The molecule has 122 valence electrons. The molecule has 0 unspecified atom stereocenters. The second-order valence-corrected chi connectivity index (χ2v) is 6.23. The minimum atomic E-state index is 0.100. The van der Waals surface area contributed by atoms with Crippen LogP contribution >= 0.6 is 0 Å². The van der Waals surface area contributed by atoms with E-state index in [1.54, 1.807) is 6.20 Å². The van der Waals surface area contributed by atoms with Gasteiger partial charge in [0.25, 0.3) is 5.91 Å². The van der Waals surface area contributed by atoms with Crippen molar-refractivity contribution in [1.29, 1.82) is 0 Å². The monoisotopic (exact) mass is 303 g/mol. The van der Waals surface area contributed by atoms with Crippen LogP contribution in [0, 0.1) is 0 Å². The molecule has 1 aliphatic rings. The third-order valence-electron chi connectivity index (χ3n) is 4.24. The van der Waals surface area contributed by atoms with Gasteiger partial charge in [-0.15, -0.1) is 0 Å². The first-order valence-corrected chi connectivity index (χ1v) is 8.75. The lowest BCUT2D eigenvalue weighted by Crippen LogP contribution is -2.32. The lowest BCUT2D eigenvalue weighted by atomic mass is 9.95. The third-order valence-corrected chi connectivity index (χ3v) is 4.24. The number of carbonyl (C=O) groups excluding carboxylic acids is 1. The smallest absolute Gasteiger partial charge is 0.255 e. The van der Waals surface area contributed by atoms with Gasteiger partial charge >= 0.3 is 0 Å². The molecule has 1 aromatic heterocycles. The van der Waals surface area contributed by atoms with E-state index in [-0.39, 0.29) is 5.91 Å². The number of carbonyl (C=O) groups is 1. The molecular weight excluding hydrogens is 274 g/mol. The van der Waals surface area contributed by atoms with E-state index < -0.39 is 0 Å². The number of pyridine rings is 1. The van der Waals surface area contributed by atoms with Gasteiger partial charge in [-0.2, -0.15) is 0 Å². The molecule has 0 bridgehead atoms. The van der Waals surface area contributed by atoms with Crippen molar-refractivity contribution < 1.29 is 4.79 Å². The van der Waals surface area contributed by atoms with Crippen LogP contribution in [0.15, 0.2) is 18.5 Å². The van der Waals surface area contributed by atoms with Crippen molar-refractivity contribution >= 4 is 11.6 Å². The second kappa shape index (κ2) is 8.76. The first-order chi connectivity index (χ1) is 10.7. The predicted molar refractivity (Wildman–Crippen MR) is 91.2 cm³/mol. The fourth-order valence-corrected chi connectivity index (χ4v) is 3.16. The number of hydrogen-bond donors (Lipinski definition) is 1. The summed E-state index contributed by atoms with van der Waals surface area (Å²) in [6, 6.07) is 2.49. The quantitative estimate of drug-likeness (QED) is 0.825. The summed E-state index contributed by atoms with van der Waals surface area (Å²) >= 11 is 0. The van der Waals surface area contributed by atoms with Gasteiger partial charge in [-0.3, -0.25) is 9.78 Å². The van der Waals surface area contributed by atoms with E-state index in [9.17, 15) is 4.79 Å². The molecule has 1 saturated carbocycles. The number of hydrogen-bond acceptors (Lipinski definition) is 3. The summed E-state index contributed by atoms with van der Waals surface area (Å²) in [5.74, 6) is 0.100. The summed E-state index contributed by atoms with van der Waals surface area (Å²) in [6.45, 7) is 5.84. The van der Waals surface area contributed by atoms with Gasteiger partial charge in [-0.25, -0.2) is 0 Å². The van der Waals surface area contributed by atoms with Crippen LogP contribution in [0.3, 0.4) is 0 Å². The molecule has 0 spiro atoms. The Hall–Kier alpha value is -1.58. The standard InChI is InChI=1S/C18H29N3O/c1-3-10-21(11-4-2)18(22)15-12-17(14-19-13-15)20-16-8-6-5-7-9-16/h12-14,16,20H,3-11H2,1-2H3. The summed E-state index contributed by atoms with van der Waals surface area (Å²) in [6.07, 6.45) is 11.9. The number of rotatable bonds is 7. The number of nitrogens with one attached hydrogen (secondary N) is 1. The highest BCUT2D eigenvalue weighted by molar-refractivity contribution is 5.94. The molecule has 0 saturated heterocycles. The van der Waals surface area contributed by atoms with Gasteiger partial charge in [0.15, 0.2) is 0 Å². The molecule has 0 aliphatic heterocycles. The maximum atomic E-state index is 12.6. The maximum absolute atomic E-state index is 12.6. The summed E-state index contributed by atoms with van der Waals surface area (Å²) < 4.78 is 0. The Balaban J connectivity index is 2.04. The van der Waals surface area contributed by atoms with Crippen molar-refractivity contribution in [2.45, 2.75) is 64.8 Å². The Kier molecular flexibility index (Phi) is 6.69. The van der Waals surface area contributed by atoms with Crippen molar-refractivity contribution in [1.82, 2.24) is 9.88 Å². The average molecular weight is 303 g/mol. The van der Waals surface area contributed by atoms with Gasteiger partial charge in [0, 0.05) is 31.5 Å². The minimum Gasteiger partial charge on any atom is -0.381 e. The van der Waals surface area contributed by atoms with Crippen LogP contribution in [0.2, 0.25) is 0 Å². The van der Waals surface area contributed by atoms with E-state index in [1.807, 2.05) is 17.2 Å². The molecule has 0 aromatic carbocycles. The van der Waals surface area contributed by atoms with Gasteiger partial charge in [-0.1, -0.05) is 33.1 Å². The van der Waals surface area contributed by atoms with E-state index in [1.165, 1.54) is 32.1 Å². The van der Waals surface area contributed by atoms with Crippen LogP contribution in [-0.4, -0.2) is 34.9 Å². The molecule has 4 nitrogen and oxygen atoms in total. The molecule has 22 heavy (non-hydrogen) atoms. The average Bonchev–Trinajstić information content (AvgIpc) is 2.55. The maximum Gasteiger partial charge on any atom is 0.255 e. The lowest BCUT2D eigenvalue weighted by molar-refractivity contribution is 0.0755. The molecule has 0 atom stereocenters. The molecule has 0 radical (unpaired) electrons. The van der Waals surface area contributed by atoms with Crippen LogP contribution in [-0.2, 0) is 0 Å². The van der Waals surface area contributed by atoms with E-state index >= 15 is 0 Å². The normalized spacial score (nSPS) is 15.5. The molecular formula is C18H29N3O. The number of amides is 1. The molecule has 1 amide bonds. The Morgan fingerprint density at radius 3 is 2.50 bits per heavy atom. The highest BCUT2D eigenvalue weighted by Crippen LogP contribution is 2.22. The van der Waals surface area contributed by atoms with Gasteiger partial charge in [-0.05, 0) is 31.7 Å². The van der Waals surface area contributed by atoms with Crippen LogP contribution in [0.1, 0.15) is 69.2 Å². The minimum absolute atomic E-state index is 0.100. The summed E-state index contributed by atoms with van der Waals surface area (Å²) in [5, 5.41) is 3.55. The zero-order chi connectivity index (χ0) is 15.8. The zero-order valence-electron chi connectivity index (χ0n) is 14.0. The molecule has 1 aromatic rings. The molecule has 4 heteroatoms. The number of aromatic nitrogens is 1. The van der Waals surface area contributed by atoms with E-state index in [2.05, 4.69) is 24.1 Å². The highest BCUT2D eigenvalue weighted by Gasteiger charge is 2.17. The van der Waals surface area contributed by atoms with E-state index in [4.69, 9.17) is 0 Å². The van der Waals surface area contributed by atoms with Crippen LogP contribution in [0.25, 0.3) is 0 Å². The lowest BCUT2D eigenvalue weighted by Gasteiger charge is -2.24. The fraction of sp³-hybridized carbons (Fsp3) is 0.667. The third kappa shape index (κ3) is 4.72. The first-order valence-electron chi connectivity index (χ1n) is 8.75. The van der Waals surface area contributed by atoms with Gasteiger partial charge in [0.05, 0.1) is 11.3 Å². The topological polar surface area (TPSA) is 45.2 Å². The van der Waals surface area contributed by atoms with Crippen LogP contribution in [0.5, 0.6) is 0 Å². The highest BCUT2D eigenvalue weighted by atomic mass is 16.2. The molecule has 1 heterocycles. The van der Waals surface area contributed by atoms with Crippen molar-refractivity contribution in [3.63, 3.8) is 0 Å². The number of nitrogens with zero attached hydrogens (tertiary/aromatic N) is 2. The van der Waals surface area contributed by atoms with E-state index in [0.717, 1.165) is 31.6 Å². The van der Waals surface area contributed by atoms with Crippen molar-refractivity contribution in [3.8, 4) is 0 Å². The predicted octanol–water partition coefficient (Wildman–Crippen LogP) is 4.09. The largest absolute Gasteiger partial charge is 0.381 e. The SMILES string of the molecule is CCCN(CCC)C(=O)c1cncc(NC2CCCCC2)c1. The van der Waals surface area contributed by atoms with Gasteiger partial charge in [0.2, 0.25) is 0 Å². The van der Waals surface area contributed by atoms with Crippen LogP contribution < -0.4 is 5.32 Å². The summed E-state index contributed by atoms with van der Waals surface area (Å²) in [7, 11) is 0. The Labute approximate surface area is 134 Å². The first kappa shape index (κ1) is 16.8. The van der Waals surface area contributed by atoms with E-state index in [0.29, 0.717) is 11.6 Å². The molecule has 2 rings (SSSR count).